The summed E-state index contributed by atoms with van der Waals surface area (Å²) in [7, 11) is 0. The Morgan fingerprint density at radius 3 is 2.76 bits per heavy atom. The maximum Gasteiger partial charge on any atom is 0.240 e. The Morgan fingerprint density at radius 1 is 1.29 bits per heavy atom. The molecule has 4 nitrogen and oxygen atoms in total. The number of hydrogen-bond acceptors (Lipinski definition) is 3. The summed E-state index contributed by atoms with van der Waals surface area (Å²) in [6.45, 7) is 5.55. The van der Waals surface area contributed by atoms with Gasteiger partial charge >= 0.3 is 0 Å². The summed E-state index contributed by atoms with van der Waals surface area (Å²) in [5.41, 5.74) is -0.271. The van der Waals surface area contributed by atoms with Crippen molar-refractivity contribution in [1.29, 1.82) is 0 Å². The summed E-state index contributed by atoms with van der Waals surface area (Å²) in [6, 6.07) is 1.13. The van der Waals surface area contributed by atoms with Crippen LogP contribution >= 0.6 is 24.8 Å². The van der Waals surface area contributed by atoms with Crippen LogP contribution in [0.25, 0.3) is 0 Å². The standard InChI is InChI=1S/C15H27N3O.2ClH/c1-2-15(7-4-8-16-15)14(19)17-12-6-10-18-9-3-5-13(18)11-12;;/h12-13,16H,2-11H2,1H3,(H,17,19);2*1H. The molecule has 0 aromatic carbocycles. The van der Waals surface area contributed by atoms with E-state index in [2.05, 4.69) is 22.5 Å². The SMILES string of the molecule is CCC1(C(=O)NC2CCN3CCCC3C2)CCCN1.Cl.Cl. The third-order valence-corrected chi connectivity index (χ3v) is 5.44. The van der Waals surface area contributed by atoms with Crippen LogP contribution in [-0.4, -0.2) is 48.1 Å². The minimum absolute atomic E-state index is 0. The number of piperidine rings is 1. The molecule has 2 N–H and O–H groups in total. The van der Waals surface area contributed by atoms with Gasteiger partial charge in [0.2, 0.25) is 5.91 Å². The van der Waals surface area contributed by atoms with Gasteiger partial charge in [-0.05, 0) is 58.0 Å². The van der Waals surface area contributed by atoms with Gasteiger partial charge in [-0.2, -0.15) is 0 Å². The van der Waals surface area contributed by atoms with E-state index in [1.54, 1.807) is 0 Å². The second kappa shape index (κ2) is 8.00. The van der Waals surface area contributed by atoms with Crippen LogP contribution in [-0.2, 0) is 4.79 Å². The first kappa shape index (κ1) is 19.0. The zero-order chi connectivity index (χ0) is 13.3. The van der Waals surface area contributed by atoms with E-state index in [4.69, 9.17) is 0 Å². The molecule has 0 spiro atoms. The van der Waals surface area contributed by atoms with E-state index in [1.807, 2.05) is 0 Å². The fraction of sp³-hybridized carbons (Fsp3) is 0.933. The molecule has 21 heavy (non-hydrogen) atoms. The predicted molar refractivity (Wildman–Crippen MR) is 90.5 cm³/mol. The number of rotatable bonds is 3. The minimum Gasteiger partial charge on any atom is -0.352 e. The molecule has 0 aromatic heterocycles. The topological polar surface area (TPSA) is 44.4 Å². The van der Waals surface area contributed by atoms with Crippen molar-refractivity contribution in [3.63, 3.8) is 0 Å². The number of fused-ring (bicyclic) bond motifs is 1. The highest BCUT2D eigenvalue weighted by atomic mass is 35.5. The lowest BCUT2D eigenvalue weighted by atomic mass is 9.91. The number of halogens is 2. The number of carbonyl (C=O) groups excluding carboxylic acids is 1. The Bertz CT molecular complexity index is 348. The summed E-state index contributed by atoms with van der Waals surface area (Å²) in [4.78, 5) is 15.2. The van der Waals surface area contributed by atoms with Crippen LogP contribution in [0.5, 0.6) is 0 Å². The Morgan fingerprint density at radius 2 is 2.10 bits per heavy atom. The maximum absolute atomic E-state index is 12.6. The molecule has 6 heteroatoms. The molecule has 3 aliphatic rings. The fourth-order valence-corrected chi connectivity index (χ4v) is 4.14. The molecule has 0 radical (unpaired) electrons. The highest BCUT2D eigenvalue weighted by Crippen LogP contribution is 2.28. The molecule has 0 saturated carbocycles. The van der Waals surface area contributed by atoms with Gasteiger partial charge < -0.3 is 15.5 Å². The van der Waals surface area contributed by atoms with Gasteiger partial charge in [-0.1, -0.05) is 6.92 Å². The van der Waals surface area contributed by atoms with Crippen molar-refractivity contribution in [2.45, 2.75) is 69.5 Å². The first-order chi connectivity index (χ1) is 9.23. The molecule has 3 heterocycles. The molecule has 3 fully saturated rings. The number of carbonyl (C=O) groups is 1. The first-order valence-electron chi connectivity index (χ1n) is 8.03. The number of hydrogen-bond donors (Lipinski definition) is 2. The van der Waals surface area contributed by atoms with Crippen molar-refractivity contribution in [3.8, 4) is 0 Å². The third kappa shape index (κ3) is 3.84. The van der Waals surface area contributed by atoms with Gasteiger partial charge in [-0.3, -0.25) is 4.79 Å². The molecule has 0 aromatic rings. The Hall–Kier alpha value is -0.0300. The molecule has 0 bridgehead atoms. The summed E-state index contributed by atoms with van der Waals surface area (Å²) < 4.78 is 0. The zero-order valence-corrected chi connectivity index (χ0v) is 14.5. The average Bonchev–Trinajstić information content (AvgIpc) is 3.07. The number of amides is 1. The Labute approximate surface area is 140 Å². The van der Waals surface area contributed by atoms with Crippen LogP contribution in [0, 0.1) is 0 Å². The molecule has 124 valence electrons. The van der Waals surface area contributed by atoms with Crippen LogP contribution < -0.4 is 10.6 Å². The second-order valence-corrected chi connectivity index (χ2v) is 6.49. The summed E-state index contributed by atoms with van der Waals surface area (Å²) in [6.07, 6.45) is 7.98. The predicted octanol–water partition coefficient (Wildman–Crippen LogP) is 2.11. The molecule has 3 atom stereocenters. The fourth-order valence-electron chi connectivity index (χ4n) is 4.14. The average molecular weight is 338 g/mol. The lowest BCUT2D eigenvalue weighted by Gasteiger charge is -2.37. The van der Waals surface area contributed by atoms with E-state index in [0.717, 1.165) is 44.7 Å². The zero-order valence-electron chi connectivity index (χ0n) is 12.9. The molecule has 3 rings (SSSR count). The molecule has 3 saturated heterocycles. The second-order valence-electron chi connectivity index (χ2n) is 6.49. The molecule has 0 aliphatic carbocycles. The van der Waals surface area contributed by atoms with Crippen LogP contribution in [0.3, 0.4) is 0 Å². The van der Waals surface area contributed by atoms with E-state index in [1.165, 1.54) is 25.9 Å². The summed E-state index contributed by atoms with van der Waals surface area (Å²) in [5.74, 6) is 0.254. The van der Waals surface area contributed by atoms with Crippen molar-refractivity contribution in [3.05, 3.63) is 0 Å². The normalized spacial score (nSPS) is 35.5. The van der Waals surface area contributed by atoms with E-state index >= 15 is 0 Å². The van der Waals surface area contributed by atoms with Crippen LogP contribution in [0.1, 0.15) is 51.9 Å². The van der Waals surface area contributed by atoms with Crippen molar-refractivity contribution in [1.82, 2.24) is 15.5 Å². The van der Waals surface area contributed by atoms with Crippen molar-refractivity contribution < 1.29 is 4.79 Å². The van der Waals surface area contributed by atoms with Crippen molar-refractivity contribution in [2.75, 3.05) is 19.6 Å². The quantitative estimate of drug-likeness (QED) is 0.828. The highest BCUT2D eigenvalue weighted by molar-refractivity contribution is 5.87. The van der Waals surface area contributed by atoms with Crippen LogP contribution in [0.2, 0.25) is 0 Å². The van der Waals surface area contributed by atoms with Gasteiger partial charge in [0.05, 0.1) is 5.54 Å². The largest absolute Gasteiger partial charge is 0.352 e. The summed E-state index contributed by atoms with van der Waals surface area (Å²) in [5, 5.41) is 6.77. The lowest BCUT2D eigenvalue weighted by molar-refractivity contribution is -0.128. The molecular formula is C15H29Cl2N3O. The summed E-state index contributed by atoms with van der Waals surface area (Å²) >= 11 is 0. The monoisotopic (exact) mass is 337 g/mol. The van der Waals surface area contributed by atoms with E-state index in [-0.39, 0.29) is 36.3 Å². The molecular weight excluding hydrogens is 309 g/mol. The highest BCUT2D eigenvalue weighted by Gasteiger charge is 2.41. The lowest BCUT2D eigenvalue weighted by Crippen LogP contribution is -2.57. The third-order valence-electron chi connectivity index (χ3n) is 5.44. The van der Waals surface area contributed by atoms with E-state index in [9.17, 15) is 4.79 Å². The van der Waals surface area contributed by atoms with E-state index in [0.29, 0.717) is 6.04 Å². The van der Waals surface area contributed by atoms with E-state index < -0.39 is 0 Å². The number of nitrogens with one attached hydrogen (secondary N) is 2. The van der Waals surface area contributed by atoms with Gasteiger partial charge in [0, 0.05) is 18.6 Å². The van der Waals surface area contributed by atoms with Crippen LogP contribution in [0.4, 0.5) is 0 Å². The smallest absolute Gasteiger partial charge is 0.240 e. The van der Waals surface area contributed by atoms with Gasteiger partial charge in [0.25, 0.3) is 0 Å². The minimum atomic E-state index is -0.271. The van der Waals surface area contributed by atoms with Gasteiger partial charge in [0.1, 0.15) is 0 Å². The van der Waals surface area contributed by atoms with Gasteiger partial charge in [-0.25, -0.2) is 0 Å². The number of nitrogens with zero attached hydrogens (tertiary/aromatic N) is 1. The van der Waals surface area contributed by atoms with Crippen LogP contribution in [0.15, 0.2) is 0 Å². The van der Waals surface area contributed by atoms with Crippen molar-refractivity contribution in [2.24, 2.45) is 0 Å². The molecule has 3 aliphatic heterocycles. The molecule has 3 unspecified atom stereocenters. The van der Waals surface area contributed by atoms with Gasteiger partial charge in [-0.15, -0.1) is 24.8 Å². The Kier molecular flexibility index (Phi) is 7.25. The van der Waals surface area contributed by atoms with Crippen molar-refractivity contribution >= 4 is 30.7 Å². The maximum atomic E-state index is 12.6. The first-order valence-corrected chi connectivity index (χ1v) is 8.03. The molecule has 1 amide bonds. The van der Waals surface area contributed by atoms with Gasteiger partial charge in [0.15, 0.2) is 0 Å². The Balaban J connectivity index is 0.00000110.